The molecule has 3 atom stereocenters. The Labute approximate surface area is 104 Å². The quantitative estimate of drug-likeness (QED) is 0.408. The molecule has 1 heterocycles. The first-order valence-electron chi connectivity index (χ1n) is 5.70. The van der Waals surface area contributed by atoms with Crippen LogP contribution in [0.25, 0.3) is 10.4 Å². The molecule has 0 aromatic heterocycles. The molecule has 8 nitrogen and oxygen atoms in total. The Hall–Kier alpha value is -1.79. The number of aliphatic hydroxyl groups excluding tert-OH is 1. The number of hydrogen-bond donors (Lipinski definition) is 2. The Bertz CT molecular complexity index is 391. The maximum Gasteiger partial charge on any atom is 0.240 e. The van der Waals surface area contributed by atoms with E-state index in [9.17, 15) is 14.7 Å². The minimum absolute atomic E-state index is 0.0383. The highest BCUT2D eigenvalue weighted by atomic mass is 16.3. The van der Waals surface area contributed by atoms with Gasteiger partial charge in [0.1, 0.15) is 12.1 Å². The van der Waals surface area contributed by atoms with E-state index in [1.54, 1.807) is 13.8 Å². The van der Waals surface area contributed by atoms with Crippen molar-refractivity contribution in [2.24, 2.45) is 16.8 Å². The number of rotatable bonds is 4. The second-order valence-electron chi connectivity index (χ2n) is 4.69. The van der Waals surface area contributed by atoms with E-state index >= 15 is 0 Å². The lowest BCUT2D eigenvalue weighted by atomic mass is 10.0. The largest absolute Gasteiger partial charge is 0.391 e. The summed E-state index contributed by atoms with van der Waals surface area (Å²) in [6.07, 6.45) is -0.646. The van der Waals surface area contributed by atoms with Crippen molar-refractivity contribution in [2.75, 3.05) is 6.54 Å². The summed E-state index contributed by atoms with van der Waals surface area (Å²) < 4.78 is 0. The summed E-state index contributed by atoms with van der Waals surface area (Å²) >= 11 is 0. The second-order valence-corrected chi connectivity index (χ2v) is 4.69. The number of β-amino-alcohol motifs (C(OH)–C–C–N with tert-alkyl or cyclic N) is 1. The van der Waals surface area contributed by atoms with Crippen LogP contribution in [-0.2, 0) is 9.59 Å². The zero-order valence-electron chi connectivity index (χ0n) is 10.4. The molecule has 1 fully saturated rings. The van der Waals surface area contributed by atoms with Gasteiger partial charge in [-0.2, -0.15) is 0 Å². The lowest BCUT2D eigenvalue weighted by Gasteiger charge is -2.26. The van der Waals surface area contributed by atoms with Crippen molar-refractivity contribution in [1.82, 2.24) is 4.90 Å². The van der Waals surface area contributed by atoms with Crippen LogP contribution in [0.5, 0.6) is 0 Å². The normalized spacial score (nSPS) is 24.8. The first-order valence-corrected chi connectivity index (χ1v) is 5.70. The minimum Gasteiger partial charge on any atom is -0.391 e. The SMILES string of the molecule is CC(C)[C@H](N=[N+]=[N-])C(=O)N1CC(O)CC1C(N)=O. The van der Waals surface area contributed by atoms with Gasteiger partial charge in [0.15, 0.2) is 0 Å². The topological polar surface area (TPSA) is 132 Å². The van der Waals surface area contributed by atoms with Crippen molar-refractivity contribution in [3.05, 3.63) is 10.4 Å². The van der Waals surface area contributed by atoms with E-state index in [0.29, 0.717) is 0 Å². The predicted molar refractivity (Wildman–Crippen MR) is 63.1 cm³/mol. The number of carbonyl (C=O) groups is 2. The van der Waals surface area contributed by atoms with Crippen LogP contribution in [0.1, 0.15) is 20.3 Å². The van der Waals surface area contributed by atoms with Crippen molar-refractivity contribution >= 4 is 11.8 Å². The molecular weight excluding hydrogens is 238 g/mol. The van der Waals surface area contributed by atoms with Gasteiger partial charge in [-0.05, 0) is 11.4 Å². The zero-order chi connectivity index (χ0) is 13.9. The van der Waals surface area contributed by atoms with Crippen LogP contribution >= 0.6 is 0 Å². The highest BCUT2D eigenvalue weighted by molar-refractivity contribution is 5.90. The Balaban J connectivity index is 2.93. The van der Waals surface area contributed by atoms with E-state index in [1.807, 2.05) is 0 Å². The number of primary amides is 1. The number of nitrogens with zero attached hydrogens (tertiary/aromatic N) is 4. The summed E-state index contributed by atoms with van der Waals surface area (Å²) in [6, 6.07) is -1.72. The number of carbonyl (C=O) groups excluding carboxylic acids is 2. The fraction of sp³-hybridized carbons (Fsp3) is 0.800. The number of hydrogen-bond acceptors (Lipinski definition) is 4. The molecule has 0 aromatic rings. The third-order valence-corrected chi connectivity index (χ3v) is 2.95. The van der Waals surface area contributed by atoms with E-state index in [4.69, 9.17) is 11.3 Å². The highest BCUT2D eigenvalue weighted by Crippen LogP contribution is 2.21. The van der Waals surface area contributed by atoms with Gasteiger partial charge in [-0.25, -0.2) is 0 Å². The van der Waals surface area contributed by atoms with Crippen LogP contribution in [-0.4, -0.2) is 46.6 Å². The number of azide groups is 1. The molecule has 0 aromatic carbocycles. The van der Waals surface area contributed by atoms with Crippen LogP contribution in [0.3, 0.4) is 0 Å². The summed E-state index contributed by atoms with van der Waals surface area (Å²) in [4.78, 5) is 27.2. The van der Waals surface area contributed by atoms with Crippen molar-refractivity contribution in [3.63, 3.8) is 0 Å². The molecule has 0 radical (unpaired) electrons. The van der Waals surface area contributed by atoms with Gasteiger partial charge in [0.2, 0.25) is 11.8 Å². The van der Waals surface area contributed by atoms with Crippen molar-refractivity contribution in [2.45, 2.75) is 38.5 Å². The molecule has 1 aliphatic rings. The Morgan fingerprint density at radius 2 is 2.17 bits per heavy atom. The molecule has 1 rings (SSSR count). The van der Waals surface area contributed by atoms with E-state index in [0.717, 1.165) is 0 Å². The molecule has 0 aliphatic carbocycles. The molecule has 3 N–H and O–H groups in total. The Kier molecular flexibility index (Phi) is 4.52. The van der Waals surface area contributed by atoms with E-state index < -0.39 is 30.0 Å². The fourth-order valence-corrected chi connectivity index (χ4v) is 2.02. The maximum absolute atomic E-state index is 12.2. The van der Waals surface area contributed by atoms with Crippen LogP contribution in [0.2, 0.25) is 0 Å². The fourth-order valence-electron chi connectivity index (χ4n) is 2.02. The zero-order valence-corrected chi connectivity index (χ0v) is 10.4. The number of nitrogens with two attached hydrogens (primary N) is 1. The second kappa shape index (κ2) is 5.70. The molecule has 2 amide bonds. The Morgan fingerprint density at radius 3 is 2.61 bits per heavy atom. The van der Waals surface area contributed by atoms with E-state index in [1.165, 1.54) is 4.90 Å². The molecule has 1 aliphatic heterocycles. The first-order chi connectivity index (χ1) is 8.38. The average molecular weight is 255 g/mol. The first kappa shape index (κ1) is 14.3. The Morgan fingerprint density at radius 1 is 1.56 bits per heavy atom. The third kappa shape index (κ3) is 2.91. The van der Waals surface area contributed by atoms with Gasteiger partial charge < -0.3 is 15.7 Å². The van der Waals surface area contributed by atoms with Crippen LogP contribution in [0, 0.1) is 5.92 Å². The van der Waals surface area contributed by atoms with Gasteiger partial charge in [0.05, 0.1) is 6.10 Å². The maximum atomic E-state index is 12.2. The van der Waals surface area contributed by atoms with Crippen LogP contribution < -0.4 is 5.73 Å². The van der Waals surface area contributed by atoms with Crippen molar-refractivity contribution in [3.8, 4) is 0 Å². The summed E-state index contributed by atoms with van der Waals surface area (Å²) in [5, 5.41) is 13.0. The van der Waals surface area contributed by atoms with Gasteiger partial charge in [-0.3, -0.25) is 9.59 Å². The monoisotopic (exact) mass is 255 g/mol. The molecule has 2 unspecified atom stereocenters. The smallest absolute Gasteiger partial charge is 0.240 e. The van der Waals surface area contributed by atoms with E-state index in [-0.39, 0.29) is 18.9 Å². The van der Waals surface area contributed by atoms with Gasteiger partial charge in [0.25, 0.3) is 0 Å². The standard InChI is InChI=1S/C10H17N5O3/c1-5(2)8(13-14-12)10(18)15-4-6(16)3-7(15)9(11)17/h5-8,16H,3-4H2,1-2H3,(H2,11,17)/t6?,7?,8-/m0/s1. The van der Waals surface area contributed by atoms with Crippen molar-refractivity contribution in [1.29, 1.82) is 0 Å². The molecule has 18 heavy (non-hydrogen) atoms. The molecule has 8 heteroatoms. The minimum atomic E-state index is -0.887. The van der Waals surface area contributed by atoms with Gasteiger partial charge in [-0.1, -0.05) is 19.0 Å². The highest BCUT2D eigenvalue weighted by Gasteiger charge is 2.40. The molecule has 100 valence electrons. The van der Waals surface area contributed by atoms with Crippen LogP contribution in [0.4, 0.5) is 0 Å². The lowest BCUT2D eigenvalue weighted by Crippen LogP contribution is -2.48. The van der Waals surface area contributed by atoms with Gasteiger partial charge in [0, 0.05) is 17.9 Å². The number of likely N-dealkylation sites (tertiary alicyclic amines) is 1. The summed E-state index contributed by atoms with van der Waals surface area (Å²) in [7, 11) is 0. The number of aliphatic hydroxyl groups is 1. The van der Waals surface area contributed by atoms with Gasteiger partial charge in [-0.15, -0.1) is 0 Å². The lowest BCUT2D eigenvalue weighted by molar-refractivity contribution is -0.139. The van der Waals surface area contributed by atoms with E-state index in [2.05, 4.69) is 10.0 Å². The molecule has 0 saturated carbocycles. The molecule has 0 spiro atoms. The summed E-state index contributed by atoms with van der Waals surface area (Å²) in [5.74, 6) is -1.33. The van der Waals surface area contributed by atoms with Gasteiger partial charge >= 0.3 is 0 Å². The molecular formula is C10H17N5O3. The molecule has 1 saturated heterocycles. The summed E-state index contributed by atoms with van der Waals surface area (Å²) in [5.41, 5.74) is 13.6. The molecule has 0 bridgehead atoms. The number of amides is 2. The summed E-state index contributed by atoms with van der Waals surface area (Å²) in [6.45, 7) is 3.52. The van der Waals surface area contributed by atoms with Crippen LogP contribution in [0.15, 0.2) is 5.11 Å². The predicted octanol–water partition coefficient (Wildman–Crippen LogP) is -0.232. The van der Waals surface area contributed by atoms with Crippen molar-refractivity contribution < 1.29 is 14.7 Å². The third-order valence-electron chi connectivity index (χ3n) is 2.95. The average Bonchev–Trinajstić information content (AvgIpc) is 2.67.